The van der Waals surface area contributed by atoms with Crippen molar-refractivity contribution in [2.45, 2.75) is 46.0 Å². The van der Waals surface area contributed by atoms with Crippen molar-refractivity contribution >= 4 is 11.3 Å². The highest BCUT2D eigenvalue weighted by Crippen LogP contribution is 2.32. The van der Waals surface area contributed by atoms with E-state index in [1.165, 1.54) is 19.3 Å². The predicted molar refractivity (Wildman–Crippen MR) is 61.4 cm³/mol. The van der Waals surface area contributed by atoms with E-state index in [-0.39, 0.29) is 0 Å². The maximum absolute atomic E-state index is 2.33. The minimum absolute atomic E-state index is 0.783. The van der Waals surface area contributed by atoms with Gasteiger partial charge in [-0.05, 0) is 29.7 Å². The summed E-state index contributed by atoms with van der Waals surface area (Å²) in [7, 11) is 0. The van der Waals surface area contributed by atoms with Gasteiger partial charge < -0.3 is 0 Å². The molecule has 0 amide bonds. The molecule has 0 aliphatic rings. The summed E-state index contributed by atoms with van der Waals surface area (Å²) in [5, 5.41) is 2.19. The number of hydrogen-bond acceptors (Lipinski definition) is 1. The predicted octanol–water partition coefficient (Wildman–Crippen LogP) is 4.68. The van der Waals surface area contributed by atoms with Crippen LogP contribution in [0.4, 0.5) is 0 Å². The maximum atomic E-state index is 2.33. The Morgan fingerprint density at radius 2 is 2.15 bits per heavy atom. The van der Waals surface area contributed by atoms with E-state index < -0.39 is 0 Å². The van der Waals surface area contributed by atoms with Gasteiger partial charge in [-0.15, -0.1) is 11.3 Å². The molecule has 0 aliphatic carbocycles. The molecular formula is C12H20S. The molecule has 1 rings (SSSR count). The summed E-state index contributed by atoms with van der Waals surface area (Å²) in [5.74, 6) is 1.57. The van der Waals surface area contributed by atoms with E-state index >= 15 is 0 Å². The van der Waals surface area contributed by atoms with Crippen LogP contribution >= 0.6 is 11.3 Å². The minimum Gasteiger partial charge on any atom is -0.149 e. The molecule has 74 valence electrons. The summed E-state index contributed by atoms with van der Waals surface area (Å²) >= 11 is 1.91. The normalized spacial score (nSPS) is 13.5. The van der Waals surface area contributed by atoms with E-state index in [4.69, 9.17) is 0 Å². The fourth-order valence-electron chi connectivity index (χ4n) is 1.73. The van der Waals surface area contributed by atoms with Crippen LogP contribution in [0.5, 0.6) is 0 Å². The Morgan fingerprint density at radius 3 is 2.62 bits per heavy atom. The maximum Gasteiger partial charge on any atom is 0.00787 e. The van der Waals surface area contributed by atoms with Crippen LogP contribution in [0.15, 0.2) is 17.5 Å². The zero-order valence-electron chi connectivity index (χ0n) is 8.92. The van der Waals surface area contributed by atoms with Crippen molar-refractivity contribution in [2.24, 2.45) is 5.92 Å². The molecule has 0 aromatic carbocycles. The molecule has 0 N–H and O–H groups in total. The summed E-state index contributed by atoms with van der Waals surface area (Å²) in [6, 6.07) is 4.45. The topological polar surface area (TPSA) is 0 Å². The molecule has 0 saturated carbocycles. The second kappa shape index (κ2) is 5.43. The van der Waals surface area contributed by atoms with Crippen LogP contribution in [0, 0.1) is 5.92 Å². The van der Waals surface area contributed by atoms with Crippen LogP contribution in [0.25, 0.3) is 0 Å². The van der Waals surface area contributed by atoms with Crippen molar-refractivity contribution in [3.05, 3.63) is 22.4 Å². The zero-order chi connectivity index (χ0) is 9.68. The average Bonchev–Trinajstić information content (AvgIpc) is 2.57. The minimum atomic E-state index is 0.783. The molecule has 0 aliphatic heterocycles. The van der Waals surface area contributed by atoms with Crippen LogP contribution in [0.3, 0.4) is 0 Å². The summed E-state index contributed by atoms with van der Waals surface area (Å²) in [6.07, 6.45) is 4.03. The molecule has 1 aromatic heterocycles. The Bertz CT molecular complexity index is 211. The summed E-state index contributed by atoms with van der Waals surface area (Å²) < 4.78 is 0. The highest BCUT2D eigenvalue weighted by Gasteiger charge is 2.15. The summed E-state index contributed by atoms with van der Waals surface area (Å²) in [5.41, 5.74) is 0. The van der Waals surface area contributed by atoms with Crippen molar-refractivity contribution in [1.29, 1.82) is 0 Å². The number of unbranched alkanes of at least 4 members (excludes halogenated alkanes) is 1. The molecule has 0 nitrogen and oxygen atoms in total. The first-order valence-electron chi connectivity index (χ1n) is 5.29. The van der Waals surface area contributed by atoms with E-state index in [1.807, 2.05) is 11.3 Å². The lowest BCUT2D eigenvalue weighted by Gasteiger charge is -2.18. The average molecular weight is 196 g/mol. The molecule has 0 fully saturated rings. The van der Waals surface area contributed by atoms with Crippen molar-refractivity contribution in [3.8, 4) is 0 Å². The Kier molecular flexibility index (Phi) is 4.51. The lowest BCUT2D eigenvalue weighted by atomic mass is 9.89. The second-order valence-electron chi connectivity index (χ2n) is 4.01. The SMILES string of the molecule is CCCCC(c1cccs1)C(C)C. The largest absolute Gasteiger partial charge is 0.149 e. The van der Waals surface area contributed by atoms with Crippen molar-refractivity contribution < 1.29 is 0 Å². The smallest absolute Gasteiger partial charge is 0.00787 e. The molecular weight excluding hydrogens is 176 g/mol. The van der Waals surface area contributed by atoms with Gasteiger partial charge in [-0.25, -0.2) is 0 Å². The third-order valence-electron chi connectivity index (χ3n) is 2.58. The molecule has 0 bridgehead atoms. The highest BCUT2D eigenvalue weighted by molar-refractivity contribution is 7.10. The van der Waals surface area contributed by atoms with E-state index in [0.29, 0.717) is 0 Å². The first-order chi connectivity index (χ1) is 6.25. The van der Waals surface area contributed by atoms with Gasteiger partial charge in [0, 0.05) is 4.88 Å². The van der Waals surface area contributed by atoms with E-state index in [9.17, 15) is 0 Å². The molecule has 1 aromatic rings. The Hall–Kier alpha value is -0.300. The fourth-order valence-corrected chi connectivity index (χ4v) is 2.77. The van der Waals surface area contributed by atoms with Crippen LogP contribution in [-0.2, 0) is 0 Å². The van der Waals surface area contributed by atoms with Gasteiger partial charge in [0.25, 0.3) is 0 Å². The Morgan fingerprint density at radius 1 is 1.38 bits per heavy atom. The number of thiophene rings is 1. The van der Waals surface area contributed by atoms with Gasteiger partial charge in [-0.1, -0.05) is 39.7 Å². The lowest BCUT2D eigenvalue weighted by molar-refractivity contribution is 0.459. The van der Waals surface area contributed by atoms with Crippen LogP contribution in [0.2, 0.25) is 0 Å². The van der Waals surface area contributed by atoms with Gasteiger partial charge in [0.15, 0.2) is 0 Å². The van der Waals surface area contributed by atoms with Gasteiger partial charge in [0.05, 0.1) is 0 Å². The van der Waals surface area contributed by atoms with Gasteiger partial charge in [-0.3, -0.25) is 0 Å². The highest BCUT2D eigenvalue weighted by atomic mass is 32.1. The fraction of sp³-hybridized carbons (Fsp3) is 0.667. The molecule has 0 spiro atoms. The Balaban J connectivity index is 2.58. The van der Waals surface area contributed by atoms with Gasteiger partial charge in [0.1, 0.15) is 0 Å². The molecule has 1 atom stereocenters. The molecule has 1 unspecified atom stereocenters. The number of hydrogen-bond donors (Lipinski definition) is 0. The van der Waals surface area contributed by atoms with E-state index in [2.05, 4.69) is 38.3 Å². The third kappa shape index (κ3) is 3.15. The number of rotatable bonds is 5. The third-order valence-corrected chi connectivity index (χ3v) is 3.59. The van der Waals surface area contributed by atoms with Crippen LogP contribution in [0.1, 0.15) is 50.8 Å². The van der Waals surface area contributed by atoms with Gasteiger partial charge in [-0.2, -0.15) is 0 Å². The van der Waals surface area contributed by atoms with E-state index in [0.717, 1.165) is 11.8 Å². The lowest BCUT2D eigenvalue weighted by Crippen LogP contribution is -2.04. The molecule has 1 heteroatoms. The van der Waals surface area contributed by atoms with Gasteiger partial charge >= 0.3 is 0 Å². The first kappa shape index (κ1) is 10.8. The summed E-state index contributed by atoms with van der Waals surface area (Å²) in [4.78, 5) is 1.57. The van der Waals surface area contributed by atoms with Crippen molar-refractivity contribution in [3.63, 3.8) is 0 Å². The molecule has 1 heterocycles. The van der Waals surface area contributed by atoms with E-state index in [1.54, 1.807) is 4.88 Å². The van der Waals surface area contributed by atoms with Gasteiger partial charge in [0.2, 0.25) is 0 Å². The molecule has 0 radical (unpaired) electrons. The molecule has 0 saturated heterocycles. The quantitative estimate of drug-likeness (QED) is 0.641. The van der Waals surface area contributed by atoms with Crippen LogP contribution < -0.4 is 0 Å². The molecule has 13 heavy (non-hydrogen) atoms. The Labute approximate surface area is 86.0 Å². The second-order valence-corrected chi connectivity index (χ2v) is 4.99. The van der Waals surface area contributed by atoms with Crippen molar-refractivity contribution in [2.75, 3.05) is 0 Å². The van der Waals surface area contributed by atoms with Crippen LogP contribution in [-0.4, -0.2) is 0 Å². The summed E-state index contributed by atoms with van der Waals surface area (Å²) in [6.45, 7) is 6.94. The first-order valence-corrected chi connectivity index (χ1v) is 6.17. The zero-order valence-corrected chi connectivity index (χ0v) is 9.73. The standard InChI is InChI=1S/C12H20S/c1-4-5-7-11(10(2)3)12-8-6-9-13-12/h6,8-11H,4-5,7H2,1-3H3. The van der Waals surface area contributed by atoms with Crippen molar-refractivity contribution in [1.82, 2.24) is 0 Å². The monoisotopic (exact) mass is 196 g/mol.